The summed E-state index contributed by atoms with van der Waals surface area (Å²) in [7, 11) is 0. The van der Waals surface area contributed by atoms with E-state index in [0.717, 1.165) is 37.7 Å². The number of hydrogen-bond donors (Lipinski definition) is 2. The Morgan fingerprint density at radius 2 is 1.89 bits per heavy atom. The molecule has 1 saturated carbocycles. The molecule has 3 aromatic rings. The summed E-state index contributed by atoms with van der Waals surface area (Å²) >= 11 is 0. The molecule has 1 amide bonds. The fraction of sp³-hybridized carbons (Fsp3) is 0.481. The van der Waals surface area contributed by atoms with Crippen LogP contribution in [0.2, 0.25) is 0 Å². The van der Waals surface area contributed by atoms with Crippen molar-refractivity contribution in [1.82, 2.24) is 29.3 Å². The van der Waals surface area contributed by atoms with Gasteiger partial charge in [-0.25, -0.2) is 9.78 Å². The number of benzene rings is 1. The molecule has 0 bridgehead atoms. The van der Waals surface area contributed by atoms with Crippen molar-refractivity contribution >= 4 is 23.0 Å². The van der Waals surface area contributed by atoms with Gasteiger partial charge in [0.15, 0.2) is 5.65 Å². The molecule has 0 unspecified atom stereocenters. The molecule has 1 aromatic carbocycles. The molecule has 2 fully saturated rings. The number of imidazole rings is 1. The van der Waals surface area contributed by atoms with Gasteiger partial charge >= 0.3 is 5.69 Å². The number of carbonyl (C=O) groups is 1. The summed E-state index contributed by atoms with van der Waals surface area (Å²) in [4.78, 5) is 40.2. The molecule has 9 heteroatoms. The number of anilines is 1. The molecule has 2 atom stereocenters. The van der Waals surface area contributed by atoms with Crippen molar-refractivity contribution in [1.29, 1.82) is 0 Å². The molecule has 0 spiro atoms. The van der Waals surface area contributed by atoms with Crippen molar-refractivity contribution in [3.63, 3.8) is 0 Å². The van der Waals surface area contributed by atoms with Crippen molar-refractivity contribution in [2.75, 3.05) is 31.5 Å². The minimum atomic E-state index is -0.169. The van der Waals surface area contributed by atoms with Crippen LogP contribution in [0.15, 0.2) is 47.9 Å². The SMILES string of the molecule is C=CC(=O)N1CCN([C@@H](CC2CC2)c2ccc([C@H](C)Nc3ncc4[nH]c(=O)n(CC)c4n3)cc2)CC1. The lowest BCUT2D eigenvalue weighted by Gasteiger charge is -2.39. The zero-order valence-corrected chi connectivity index (χ0v) is 21.1. The lowest BCUT2D eigenvalue weighted by Crippen LogP contribution is -2.49. The zero-order chi connectivity index (χ0) is 25.2. The Morgan fingerprint density at radius 1 is 1.19 bits per heavy atom. The fourth-order valence-corrected chi connectivity index (χ4v) is 5.14. The first-order chi connectivity index (χ1) is 17.5. The minimum Gasteiger partial charge on any atom is -0.348 e. The summed E-state index contributed by atoms with van der Waals surface area (Å²) in [6.45, 7) is 11.5. The first-order valence-electron chi connectivity index (χ1n) is 12.9. The standard InChI is InChI=1S/C27H35N7O2/c1-4-24(35)33-14-12-32(13-15-33)23(16-19-6-7-19)21-10-8-20(9-11-21)18(3)29-26-28-17-22-25(31-26)34(5-2)27(36)30-22/h4,8-11,17-19,23H,1,5-7,12-16H2,2-3H3,(H,30,36)(H,28,29,31)/t18-,23-/m0/s1. The van der Waals surface area contributed by atoms with E-state index in [9.17, 15) is 9.59 Å². The fourth-order valence-electron chi connectivity index (χ4n) is 5.14. The second kappa shape index (κ2) is 10.3. The molecule has 0 radical (unpaired) electrons. The maximum absolute atomic E-state index is 12.1. The van der Waals surface area contributed by atoms with Crippen LogP contribution in [0.5, 0.6) is 0 Å². The molecule has 1 aliphatic heterocycles. The molecule has 5 rings (SSSR count). The molecule has 1 aliphatic carbocycles. The first kappa shape index (κ1) is 24.2. The van der Waals surface area contributed by atoms with E-state index in [-0.39, 0.29) is 17.6 Å². The topological polar surface area (TPSA) is 99.2 Å². The Kier molecular flexibility index (Phi) is 6.91. The van der Waals surface area contributed by atoms with Gasteiger partial charge in [0.2, 0.25) is 11.9 Å². The van der Waals surface area contributed by atoms with Crippen LogP contribution in [0, 0.1) is 5.92 Å². The van der Waals surface area contributed by atoms with E-state index in [2.05, 4.69) is 62.9 Å². The zero-order valence-electron chi connectivity index (χ0n) is 21.1. The summed E-state index contributed by atoms with van der Waals surface area (Å²) in [5.74, 6) is 1.33. The van der Waals surface area contributed by atoms with Gasteiger partial charge in [-0.15, -0.1) is 0 Å². The summed E-state index contributed by atoms with van der Waals surface area (Å²) in [6.07, 6.45) is 6.88. The highest BCUT2D eigenvalue weighted by Crippen LogP contribution is 2.40. The molecule has 190 valence electrons. The molecule has 36 heavy (non-hydrogen) atoms. The van der Waals surface area contributed by atoms with Crippen LogP contribution in [0.4, 0.5) is 5.95 Å². The number of piperazine rings is 1. The molecular formula is C27H35N7O2. The largest absolute Gasteiger partial charge is 0.348 e. The Labute approximate surface area is 211 Å². The van der Waals surface area contributed by atoms with E-state index >= 15 is 0 Å². The van der Waals surface area contributed by atoms with Crippen LogP contribution in [0.25, 0.3) is 11.2 Å². The number of aromatic amines is 1. The number of aromatic nitrogens is 4. The number of nitrogens with one attached hydrogen (secondary N) is 2. The molecule has 2 aromatic heterocycles. The van der Waals surface area contributed by atoms with Gasteiger partial charge in [0.25, 0.3) is 0 Å². The van der Waals surface area contributed by atoms with Crippen molar-refractivity contribution in [2.45, 2.75) is 51.7 Å². The second-order valence-electron chi connectivity index (χ2n) is 9.90. The number of fused-ring (bicyclic) bond motifs is 1. The third kappa shape index (κ3) is 5.06. The summed E-state index contributed by atoms with van der Waals surface area (Å²) in [5, 5.41) is 3.38. The van der Waals surface area contributed by atoms with Crippen LogP contribution in [-0.2, 0) is 11.3 Å². The van der Waals surface area contributed by atoms with Crippen LogP contribution < -0.4 is 11.0 Å². The van der Waals surface area contributed by atoms with Crippen LogP contribution in [0.3, 0.4) is 0 Å². The van der Waals surface area contributed by atoms with E-state index in [1.165, 1.54) is 30.9 Å². The Morgan fingerprint density at radius 3 is 2.53 bits per heavy atom. The van der Waals surface area contributed by atoms with E-state index in [0.29, 0.717) is 29.7 Å². The van der Waals surface area contributed by atoms with E-state index in [1.54, 1.807) is 10.8 Å². The van der Waals surface area contributed by atoms with Gasteiger partial charge in [-0.2, -0.15) is 4.98 Å². The van der Waals surface area contributed by atoms with E-state index in [1.807, 2.05) is 11.8 Å². The Hall–Kier alpha value is -3.46. The van der Waals surface area contributed by atoms with E-state index in [4.69, 9.17) is 0 Å². The number of carbonyl (C=O) groups excluding carboxylic acids is 1. The third-order valence-electron chi connectivity index (χ3n) is 7.49. The summed E-state index contributed by atoms with van der Waals surface area (Å²) in [5.41, 5.74) is 3.56. The molecule has 2 aliphatic rings. The lowest BCUT2D eigenvalue weighted by atomic mass is 9.96. The second-order valence-corrected chi connectivity index (χ2v) is 9.90. The molecule has 3 heterocycles. The van der Waals surface area contributed by atoms with Crippen molar-refractivity contribution in [3.05, 3.63) is 64.7 Å². The van der Waals surface area contributed by atoms with Crippen LogP contribution in [0.1, 0.15) is 56.3 Å². The van der Waals surface area contributed by atoms with Crippen LogP contribution >= 0.6 is 0 Å². The monoisotopic (exact) mass is 489 g/mol. The van der Waals surface area contributed by atoms with E-state index < -0.39 is 0 Å². The van der Waals surface area contributed by atoms with Crippen LogP contribution in [-0.4, -0.2) is 61.4 Å². The number of hydrogen-bond acceptors (Lipinski definition) is 6. The van der Waals surface area contributed by atoms with Gasteiger partial charge in [0, 0.05) is 38.8 Å². The average Bonchev–Trinajstić information content (AvgIpc) is 3.67. The number of rotatable bonds is 9. The van der Waals surface area contributed by atoms with Gasteiger partial charge in [-0.1, -0.05) is 43.7 Å². The predicted octanol–water partition coefficient (Wildman–Crippen LogP) is 3.48. The van der Waals surface area contributed by atoms with Gasteiger partial charge in [0.05, 0.1) is 12.2 Å². The van der Waals surface area contributed by atoms with Gasteiger partial charge in [0.1, 0.15) is 5.52 Å². The maximum atomic E-state index is 12.1. The number of aryl methyl sites for hydroxylation is 1. The highest BCUT2D eigenvalue weighted by molar-refractivity contribution is 5.87. The first-order valence-corrected chi connectivity index (χ1v) is 12.9. The Bertz CT molecular complexity index is 1280. The van der Waals surface area contributed by atoms with Gasteiger partial charge < -0.3 is 15.2 Å². The number of amides is 1. The minimum absolute atomic E-state index is 0.00702. The van der Waals surface area contributed by atoms with Crippen molar-refractivity contribution in [3.8, 4) is 0 Å². The van der Waals surface area contributed by atoms with Crippen molar-refractivity contribution in [2.24, 2.45) is 5.92 Å². The maximum Gasteiger partial charge on any atom is 0.327 e. The molecule has 9 nitrogen and oxygen atoms in total. The quantitative estimate of drug-likeness (QED) is 0.447. The lowest BCUT2D eigenvalue weighted by molar-refractivity contribution is -0.128. The predicted molar refractivity (Wildman–Crippen MR) is 141 cm³/mol. The normalized spacial score (nSPS) is 18.2. The van der Waals surface area contributed by atoms with Gasteiger partial charge in [-0.05, 0) is 43.4 Å². The average molecular weight is 490 g/mol. The molecular weight excluding hydrogens is 454 g/mol. The molecule has 1 saturated heterocycles. The number of H-pyrrole nitrogens is 1. The smallest absolute Gasteiger partial charge is 0.327 e. The summed E-state index contributed by atoms with van der Waals surface area (Å²) in [6, 6.07) is 9.23. The highest BCUT2D eigenvalue weighted by atomic mass is 16.2. The Balaban J connectivity index is 1.28. The molecule has 2 N–H and O–H groups in total. The summed E-state index contributed by atoms with van der Waals surface area (Å²) < 4.78 is 1.61. The highest BCUT2D eigenvalue weighted by Gasteiger charge is 2.32. The number of nitrogens with zero attached hydrogens (tertiary/aromatic N) is 5. The van der Waals surface area contributed by atoms with Crippen molar-refractivity contribution < 1.29 is 4.79 Å². The van der Waals surface area contributed by atoms with Gasteiger partial charge in [-0.3, -0.25) is 14.3 Å². The third-order valence-corrected chi connectivity index (χ3v) is 7.49.